The molecule has 18 heavy (non-hydrogen) atoms. The first-order valence-electron chi connectivity index (χ1n) is 5.26. The SMILES string of the molecule is CCCNC(=O)Nc1ccc(Cl)cc1C(F)(F)F. The molecular weight excluding hydrogens is 269 g/mol. The first-order valence-corrected chi connectivity index (χ1v) is 5.64. The lowest BCUT2D eigenvalue weighted by Crippen LogP contribution is -2.30. The fraction of sp³-hybridized carbons (Fsp3) is 0.364. The van der Waals surface area contributed by atoms with Crippen LogP contribution < -0.4 is 10.6 Å². The third-order valence-corrected chi connectivity index (χ3v) is 2.31. The van der Waals surface area contributed by atoms with Crippen LogP contribution in [-0.4, -0.2) is 12.6 Å². The van der Waals surface area contributed by atoms with Crippen LogP contribution in [0.5, 0.6) is 0 Å². The van der Waals surface area contributed by atoms with Gasteiger partial charge in [0.25, 0.3) is 0 Å². The van der Waals surface area contributed by atoms with Crippen molar-refractivity contribution in [1.29, 1.82) is 0 Å². The van der Waals surface area contributed by atoms with Crippen LogP contribution in [0.2, 0.25) is 5.02 Å². The molecule has 3 nitrogen and oxygen atoms in total. The molecule has 0 spiro atoms. The summed E-state index contributed by atoms with van der Waals surface area (Å²) < 4.78 is 38.1. The van der Waals surface area contributed by atoms with Gasteiger partial charge in [0.05, 0.1) is 11.3 Å². The zero-order valence-electron chi connectivity index (χ0n) is 9.57. The Bertz CT molecular complexity index is 435. The Balaban J connectivity index is 2.92. The van der Waals surface area contributed by atoms with Crippen molar-refractivity contribution < 1.29 is 18.0 Å². The van der Waals surface area contributed by atoms with Crippen molar-refractivity contribution in [2.45, 2.75) is 19.5 Å². The van der Waals surface area contributed by atoms with E-state index in [9.17, 15) is 18.0 Å². The number of alkyl halides is 3. The van der Waals surface area contributed by atoms with Gasteiger partial charge in [0.2, 0.25) is 0 Å². The molecular formula is C11H12ClF3N2O. The van der Waals surface area contributed by atoms with E-state index < -0.39 is 17.8 Å². The molecule has 2 N–H and O–H groups in total. The van der Waals surface area contributed by atoms with Gasteiger partial charge in [-0.3, -0.25) is 0 Å². The van der Waals surface area contributed by atoms with Crippen molar-refractivity contribution in [3.63, 3.8) is 0 Å². The van der Waals surface area contributed by atoms with E-state index in [1.807, 2.05) is 6.92 Å². The van der Waals surface area contributed by atoms with Gasteiger partial charge in [-0.05, 0) is 24.6 Å². The second-order valence-corrected chi connectivity index (χ2v) is 4.01. The largest absolute Gasteiger partial charge is 0.418 e. The molecule has 2 amide bonds. The second-order valence-electron chi connectivity index (χ2n) is 3.57. The van der Waals surface area contributed by atoms with Crippen LogP contribution in [0.4, 0.5) is 23.7 Å². The highest BCUT2D eigenvalue weighted by Gasteiger charge is 2.34. The molecule has 0 saturated heterocycles. The molecule has 0 fully saturated rings. The average molecular weight is 281 g/mol. The number of carbonyl (C=O) groups excluding carboxylic acids is 1. The topological polar surface area (TPSA) is 41.1 Å². The molecule has 0 unspecified atom stereocenters. The van der Waals surface area contributed by atoms with Gasteiger partial charge in [-0.15, -0.1) is 0 Å². The second kappa shape index (κ2) is 5.95. The van der Waals surface area contributed by atoms with E-state index in [1.165, 1.54) is 6.07 Å². The summed E-state index contributed by atoms with van der Waals surface area (Å²) in [5.74, 6) is 0. The van der Waals surface area contributed by atoms with Gasteiger partial charge >= 0.3 is 12.2 Å². The summed E-state index contributed by atoms with van der Waals surface area (Å²) in [7, 11) is 0. The Morgan fingerprint density at radius 1 is 1.39 bits per heavy atom. The van der Waals surface area contributed by atoms with Crippen LogP contribution in [0, 0.1) is 0 Å². The standard InChI is InChI=1S/C11H12ClF3N2O/c1-2-5-16-10(18)17-9-4-3-7(12)6-8(9)11(13,14)15/h3-4,6H,2,5H2,1H3,(H2,16,17,18). The summed E-state index contributed by atoms with van der Waals surface area (Å²) in [6, 6.07) is 2.50. The highest BCUT2D eigenvalue weighted by Crippen LogP contribution is 2.36. The zero-order valence-corrected chi connectivity index (χ0v) is 10.3. The van der Waals surface area contributed by atoms with E-state index in [0.717, 1.165) is 12.1 Å². The molecule has 0 saturated carbocycles. The van der Waals surface area contributed by atoms with E-state index in [1.54, 1.807) is 0 Å². The predicted octanol–water partition coefficient (Wildman–Crippen LogP) is 3.89. The van der Waals surface area contributed by atoms with Crippen molar-refractivity contribution in [3.05, 3.63) is 28.8 Å². The molecule has 0 aliphatic heterocycles. The van der Waals surface area contributed by atoms with Crippen LogP contribution in [0.1, 0.15) is 18.9 Å². The molecule has 0 bridgehead atoms. The molecule has 0 aliphatic carbocycles. The number of nitrogens with one attached hydrogen (secondary N) is 2. The Morgan fingerprint density at radius 3 is 2.61 bits per heavy atom. The van der Waals surface area contributed by atoms with Crippen molar-refractivity contribution in [2.75, 3.05) is 11.9 Å². The predicted molar refractivity (Wildman–Crippen MR) is 63.8 cm³/mol. The number of amides is 2. The van der Waals surface area contributed by atoms with E-state index in [0.29, 0.717) is 13.0 Å². The van der Waals surface area contributed by atoms with E-state index in [-0.39, 0.29) is 10.7 Å². The highest BCUT2D eigenvalue weighted by atomic mass is 35.5. The lowest BCUT2D eigenvalue weighted by Gasteiger charge is -2.14. The number of urea groups is 1. The number of hydrogen-bond acceptors (Lipinski definition) is 1. The molecule has 0 atom stereocenters. The summed E-state index contributed by atoms with van der Waals surface area (Å²) in [6.07, 6.45) is -3.88. The molecule has 1 aromatic rings. The molecule has 0 radical (unpaired) electrons. The zero-order chi connectivity index (χ0) is 13.8. The number of benzene rings is 1. The number of carbonyl (C=O) groups is 1. The Hall–Kier alpha value is -1.43. The molecule has 1 rings (SSSR count). The molecule has 100 valence electrons. The Morgan fingerprint density at radius 2 is 2.06 bits per heavy atom. The number of anilines is 1. The molecule has 1 aromatic carbocycles. The highest BCUT2D eigenvalue weighted by molar-refractivity contribution is 6.30. The van der Waals surface area contributed by atoms with Crippen LogP contribution in [-0.2, 0) is 6.18 Å². The third-order valence-electron chi connectivity index (χ3n) is 2.07. The van der Waals surface area contributed by atoms with Crippen molar-refractivity contribution >= 4 is 23.3 Å². The Labute approximate surface area is 107 Å². The van der Waals surface area contributed by atoms with Gasteiger partial charge in [-0.2, -0.15) is 13.2 Å². The first-order chi connectivity index (χ1) is 8.34. The smallest absolute Gasteiger partial charge is 0.338 e. The fourth-order valence-electron chi connectivity index (χ4n) is 1.27. The third kappa shape index (κ3) is 4.10. The summed E-state index contributed by atoms with van der Waals surface area (Å²) >= 11 is 5.51. The summed E-state index contributed by atoms with van der Waals surface area (Å²) in [4.78, 5) is 11.3. The van der Waals surface area contributed by atoms with Crippen LogP contribution in [0.25, 0.3) is 0 Å². The average Bonchev–Trinajstić information content (AvgIpc) is 2.27. The number of rotatable bonds is 3. The molecule has 0 heterocycles. The fourth-order valence-corrected chi connectivity index (χ4v) is 1.44. The van der Waals surface area contributed by atoms with Crippen LogP contribution >= 0.6 is 11.6 Å². The van der Waals surface area contributed by atoms with Gasteiger partial charge in [0.1, 0.15) is 0 Å². The molecule has 0 aromatic heterocycles. The van der Waals surface area contributed by atoms with Crippen molar-refractivity contribution in [1.82, 2.24) is 5.32 Å². The summed E-state index contributed by atoms with van der Waals surface area (Å²) in [5, 5.41) is 4.53. The quantitative estimate of drug-likeness (QED) is 0.866. The minimum atomic E-state index is -4.57. The maximum absolute atomic E-state index is 12.7. The van der Waals surface area contributed by atoms with Crippen molar-refractivity contribution in [3.8, 4) is 0 Å². The number of hydrogen-bond donors (Lipinski definition) is 2. The monoisotopic (exact) mass is 280 g/mol. The van der Waals surface area contributed by atoms with E-state index in [2.05, 4.69) is 10.6 Å². The number of halogens is 4. The van der Waals surface area contributed by atoms with Gasteiger partial charge in [0, 0.05) is 11.6 Å². The van der Waals surface area contributed by atoms with Gasteiger partial charge in [-0.1, -0.05) is 18.5 Å². The maximum Gasteiger partial charge on any atom is 0.418 e. The van der Waals surface area contributed by atoms with E-state index in [4.69, 9.17) is 11.6 Å². The van der Waals surface area contributed by atoms with Gasteiger partial charge < -0.3 is 10.6 Å². The van der Waals surface area contributed by atoms with Crippen molar-refractivity contribution in [2.24, 2.45) is 0 Å². The maximum atomic E-state index is 12.7. The van der Waals surface area contributed by atoms with Crippen LogP contribution in [0.15, 0.2) is 18.2 Å². The van der Waals surface area contributed by atoms with Gasteiger partial charge in [0.15, 0.2) is 0 Å². The molecule has 7 heteroatoms. The van der Waals surface area contributed by atoms with Crippen LogP contribution in [0.3, 0.4) is 0 Å². The summed E-state index contributed by atoms with van der Waals surface area (Å²) in [5.41, 5.74) is -1.29. The lowest BCUT2D eigenvalue weighted by atomic mass is 10.1. The van der Waals surface area contributed by atoms with E-state index >= 15 is 0 Å². The Kier molecular flexibility index (Phi) is 4.84. The van der Waals surface area contributed by atoms with Gasteiger partial charge in [-0.25, -0.2) is 4.79 Å². The normalized spacial score (nSPS) is 11.2. The lowest BCUT2D eigenvalue weighted by molar-refractivity contribution is -0.136. The minimum Gasteiger partial charge on any atom is -0.338 e. The first kappa shape index (κ1) is 14.6. The minimum absolute atomic E-state index is 0.0400. The summed E-state index contributed by atoms with van der Waals surface area (Å²) in [6.45, 7) is 2.23. The molecule has 0 aliphatic rings.